The molecule has 29 heavy (non-hydrogen) atoms. The third-order valence-corrected chi connectivity index (χ3v) is 6.71. The molecule has 2 aromatic carbocycles. The summed E-state index contributed by atoms with van der Waals surface area (Å²) in [5, 5.41) is 0. The molecule has 0 atom stereocenters. The molecule has 0 unspecified atom stereocenters. The van der Waals surface area contributed by atoms with E-state index in [0.717, 1.165) is 24.1 Å². The molecule has 7 nitrogen and oxygen atoms in total. The fourth-order valence-corrected chi connectivity index (χ4v) is 5.01. The predicted molar refractivity (Wildman–Crippen MR) is 112 cm³/mol. The van der Waals surface area contributed by atoms with E-state index < -0.39 is 10.0 Å². The molecule has 0 radical (unpaired) electrons. The number of sulfonamides is 1. The summed E-state index contributed by atoms with van der Waals surface area (Å²) in [5.41, 5.74) is 2.57. The first-order valence-electron chi connectivity index (χ1n) is 9.69. The minimum Gasteiger partial charge on any atom is -0.312 e. The van der Waals surface area contributed by atoms with Crippen LogP contribution in [0.3, 0.4) is 0 Å². The van der Waals surface area contributed by atoms with Crippen LogP contribution in [-0.4, -0.2) is 33.3 Å². The summed E-state index contributed by atoms with van der Waals surface area (Å²) in [7, 11) is -3.80. The lowest BCUT2D eigenvalue weighted by Crippen LogP contribution is -2.25. The lowest BCUT2D eigenvalue weighted by atomic mass is 10.2. The van der Waals surface area contributed by atoms with Crippen LogP contribution in [-0.2, 0) is 19.6 Å². The van der Waals surface area contributed by atoms with Gasteiger partial charge in [0.25, 0.3) is 10.0 Å². The summed E-state index contributed by atoms with van der Waals surface area (Å²) in [5.74, 6) is 0.114. The molecular formula is C21H23N3O4S. The third-order valence-electron chi connectivity index (χ3n) is 5.33. The molecule has 152 valence electrons. The second-order valence-electron chi connectivity index (χ2n) is 7.40. The minimum absolute atomic E-state index is 0.0488. The van der Waals surface area contributed by atoms with Crippen molar-refractivity contribution in [2.24, 2.45) is 0 Å². The average molecular weight is 413 g/mol. The number of rotatable bonds is 5. The summed E-state index contributed by atoms with van der Waals surface area (Å²) in [6.45, 7) is 3.11. The first kappa shape index (κ1) is 19.4. The van der Waals surface area contributed by atoms with Gasteiger partial charge in [-0.15, -0.1) is 0 Å². The van der Waals surface area contributed by atoms with Crippen LogP contribution in [0.1, 0.15) is 31.2 Å². The van der Waals surface area contributed by atoms with Gasteiger partial charge in [0.05, 0.1) is 10.6 Å². The number of aryl methyl sites for hydroxylation is 1. The molecule has 2 amide bonds. The molecule has 2 aliphatic heterocycles. The van der Waals surface area contributed by atoms with E-state index in [0.29, 0.717) is 37.3 Å². The smallest absolute Gasteiger partial charge is 0.261 e. The molecule has 0 aromatic heterocycles. The summed E-state index contributed by atoms with van der Waals surface area (Å²) in [4.78, 5) is 27.4. The molecule has 0 saturated carbocycles. The van der Waals surface area contributed by atoms with Gasteiger partial charge in [-0.1, -0.05) is 6.07 Å². The molecular weight excluding hydrogens is 390 g/mol. The first-order valence-corrected chi connectivity index (χ1v) is 11.2. The van der Waals surface area contributed by atoms with Gasteiger partial charge in [0.2, 0.25) is 11.8 Å². The largest absolute Gasteiger partial charge is 0.312 e. The van der Waals surface area contributed by atoms with Crippen molar-refractivity contribution in [3.8, 4) is 0 Å². The highest BCUT2D eigenvalue weighted by molar-refractivity contribution is 7.92. The minimum atomic E-state index is -3.80. The van der Waals surface area contributed by atoms with Crippen molar-refractivity contribution in [3.05, 3.63) is 48.0 Å². The molecule has 2 aliphatic rings. The van der Waals surface area contributed by atoms with Crippen molar-refractivity contribution >= 4 is 38.9 Å². The SMILES string of the molecule is Cc1cc(S(=O)(=O)Nc2cccc(N3CCCC3=O)c2)ccc1N1CCCC1=O. The molecule has 0 aliphatic carbocycles. The summed E-state index contributed by atoms with van der Waals surface area (Å²) >= 11 is 0. The highest BCUT2D eigenvalue weighted by atomic mass is 32.2. The van der Waals surface area contributed by atoms with Crippen LogP contribution in [0.15, 0.2) is 47.4 Å². The number of amides is 2. The van der Waals surface area contributed by atoms with Crippen molar-refractivity contribution in [1.82, 2.24) is 0 Å². The van der Waals surface area contributed by atoms with Gasteiger partial charge in [0.15, 0.2) is 0 Å². The number of carbonyl (C=O) groups excluding carboxylic acids is 2. The van der Waals surface area contributed by atoms with Crippen LogP contribution in [0.25, 0.3) is 0 Å². The van der Waals surface area contributed by atoms with Gasteiger partial charge >= 0.3 is 0 Å². The van der Waals surface area contributed by atoms with Crippen LogP contribution < -0.4 is 14.5 Å². The number of nitrogens with one attached hydrogen (secondary N) is 1. The molecule has 8 heteroatoms. The molecule has 4 rings (SSSR count). The van der Waals surface area contributed by atoms with Gasteiger partial charge in [-0.25, -0.2) is 8.42 Å². The van der Waals surface area contributed by atoms with E-state index in [1.807, 2.05) is 0 Å². The Kier molecular flexibility index (Phi) is 5.04. The number of hydrogen-bond acceptors (Lipinski definition) is 4. The first-order chi connectivity index (χ1) is 13.8. The monoisotopic (exact) mass is 413 g/mol. The summed E-state index contributed by atoms with van der Waals surface area (Å²) in [6.07, 6.45) is 2.66. The highest BCUT2D eigenvalue weighted by Gasteiger charge is 2.25. The van der Waals surface area contributed by atoms with E-state index in [2.05, 4.69) is 4.72 Å². The zero-order valence-corrected chi connectivity index (χ0v) is 17.0. The highest BCUT2D eigenvalue weighted by Crippen LogP contribution is 2.29. The van der Waals surface area contributed by atoms with E-state index in [-0.39, 0.29) is 16.7 Å². The second kappa shape index (κ2) is 7.51. The topological polar surface area (TPSA) is 86.8 Å². The van der Waals surface area contributed by atoms with Crippen molar-refractivity contribution in [2.75, 3.05) is 27.6 Å². The van der Waals surface area contributed by atoms with Gasteiger partial charge in [0.1, 0.15) is 0 Å². The Balaban J connectivity index is 1.57. The quantitative estimate of drug-likeness (QED) is 0.816. The van der Waals surface area contributed by atoms with Crippen molar-refractivity contribution in [2.45, 2.75) is 37.5 Å². The zero-order valence-electron chi connectivity index (χ0n) is 16.2. The van der Waals surface area contributed by atoms with E-state index in [1.54, 1.807) is 53.1 Å². The van der Waals surface area contributed by atoms with Crippen LogP contribution in [0.2, 0.25) is 0 Å². The molecule has 0 spiro atoms. The molecule has 0 bridgehead atoms. The summed E-state index contributed by atoms with van der Waals surface area (Å²) < 4.78 is 28.3. The van der Waals surface area contributed by atoms with Crippen molar-refractivity contribution in [3.63, 3.8) is 0 Å². The Hall–Kier alpha value is -2.87. The van der Waals surface area contributed by atoms with E-state index in [9.17, 15) is 18.0 Å². The molecule has 2 aromatic rings. The van der Waals surface area contributed by atoms with Crippen LogP contribution in [0.5, 0.6) is 0 Å². The standard InChI is InChI=1S/C21H23N3O4S/c1-15-13-18(9-10-19(15)24-12-4-8-21(24)26)29(27,28)22-16-5-2-6-17(14-16)23-11-3-7-20(23)25/h2,5-6,9-10,13-14,22H,3-4,7-8,11-12H2,1H3. The number of carbonyl (C=O) groups is 2. The Bertz CT molecular complexity index is 1080. The van der Waals surface area contributed by atoms with E-state index in [4.69, 9.17) is 0 Å². The molecule has 2 heterocycles. The fraction of sp³-hybridized carbons (Fsp3) is 0.333. The third kappa shape index (κ3) is 3.85. The van der Waals surface area contributed by atoms with Crippen molar-refractivity contribution in [1.29, 1.82) is 0 Å². The van der Waals surface area contributed by atoms with E-state index in [1.165, 1.54) is 6.07 Å². The van der Waals surface area contributed by atoms with Crippen LogP contribution in [0, 0.1) is 6.92 Å². The van der Waals surface area contributed by atoms with E-state index >= 15 is 0 Å². The molecule has 2 saturated heterocycles. The maximum Gasteiger partial charge on any atom is 0.261 e. The number of nitrogens with zero attached hydrogens (tertiary/aromatic N) is 2. The van der Waals surface area contributed by atoms with Crippen LogP contribution >= 0.6 is 0 Å². The number of anilines is 3. The van der Waals surface area contributed by atoms with Crippen LogP contribution in [0.4, 0.5) is 17.1 Å². The maximum absolute atomic E-state index is 12.9. The van der Waals surface area contributed by atoms with Crippen molar-refractivity contribution < 1.29 is 18.0 Å². The molecule has 2 fully saturated rings. The number of benzene rings is 2. The van der Waals surface area contributed by atoms with Gasteiger partial charge in [0, 0.05) is 37.3 Å². The average Bonchev–Trinajstić information content (AvgIpc) is 3.29. The van der Waals surface area contributed by atoms with Gasteiger partial charge in [-0.3, -0.25) is 14.3 Å². The zero-order chi connectivity index (χ0) is 20.6. The second-order valence-corrected chi connectivity index (χ2v) is 9.08. The Morgan fingerprint density at radius 3 is 2.21 bits per heavy atom. The summed E-state index contributed by atoms with van der Waals surface area (Å²) in [6, 6.07) is 11.6. The van der Waals surface area contributed by atoms with Gasteiger partial charge in [-0.05, 0) is 61.7 Å². The Labute approximate surface area is 170 Å². The van der Waals surface area contributed by atoms with Gasteiger partial charge in [-0.2, -0.15) is 0 Å². The lowest BCUT2D eigenvalue weighted by molar-refractivity contribution is -0.117. The number of hydrogen-bond donors (Lipinski definition) is 1. The Morgan fingerprint density at radius 1 is 0.897 bits per heavy atom. The maximum atomic E-state index is 12.9. The predicted octanol–water partition coefficient (Wildman–Crippen LogP) is 3.05. The Morgan fingerprint density at radius 2 is 1.59 bits per heavy atom. The fourth-order valence-electron chi connectivity index (χ4n) is 3.87. The normalized spacial score (nSPS) is 17.3. The lowest BCUT2D eigenvalue weighted by Gasteiger charge is -2.19. The van der Waals surface area contributed by atoms with Gasteiger partial charge < -0.3 is 9.80 Å². The molecule has 1 N–H and O–H groups in total.